The van der Waals surface area contributed by atoms with Crippen LogP contribution in [0.3, 0.4) is 0 Å². The van der Waals surface area contributed by atoms with E-state index >= 15 is 0 Å². The van der Waals surface area contributed by atoms with Gasteiger partial charge in [0.15, 0.2) is 0 Å². The largest absolute Gasteiger partial charge is 0.304 e. The van der Waals surface area contributed by atoms with E-state index < -0.39 is 0 Å². The molecule has 0 amide bonds. The van der Waals surface area contributed by atoms with E-state index in [2.05, 4.69) is 62.0 Å². The van der Waals surface area contributed by atoms with Crippen LogP contribution in [0.5, 0.6) is 0 Å². The van der Waals surface area contributed by atoms with Crippen LogP contribution >= 0.6 is 11.3 Å². The van der Waals surface area contributed by atoms with Crippen LogP contribution in [-0.2, 0) is 19.5 Å². The first kappa shape index (κ1) is 14.6. The standard InChI is InChI=1S/C18H20N4S/c1-2-5-14(6-3-1)11-22-18-8-4-7-17(16(18)10-21-22)19-9-15-12-23-13-20-15/h1-3,5-6,10,12-13,17,19H,4,7-9,11H2/t17-/m0/s1. The van der Waals surface area contributed by atoms with Gasteiger partial charge in [-0.25, -0.2) is 4.98 Å². The van der Waals surface area contributed by atoms with Gasteiger partial charge in [0, 0.05) is 29.2 Å². The maximum Gasteiger partial charge on any atom is 0.0795 e. The second kappa shape index (κ2) is 6.64. The van der Waals surface area contributed by atoms with Crippen molar-refractivity contribution in [3.63, 3.8) is 0 Å². The molecule has 118 valence electrons. The maximum absolute atomic E-state index is 4.65. The second-order valence-corrected chi connectivity index (χ2v) is 6.71. The lowest BCUT2D eigenvalue weighted by molar-refractivity contribution is 0.447. The first-order chi connectivity index (χ1) is 11.4. The predicted molar refractivity (Wildman–Crippen MR) is 92.4 cm³/mol. The Labute approximate surface area is 140 Å². The summed E-state index contributed by atoms with van der Waals surface area (Å²) in [5, 5.41) is 10.4. The Morgan fingerprint density at radius 2 is 2.17 bits per heavy atom. The third-order valence-electron chi connectivity index (χ3n) is 4.45. The third-order valence-corrected chi connectivity index (χ3v) is 5.09. The molecule has 1 N–H and O–H groups in total. The van der Waals surface area contributed by atoms with E-state index in [-0.39, 0.29) is 0 Å². The molecule has 0 saturated carbocycles. The van der Waals surface area contributed by atoms with Crippen LogP contribution in [0.25, 0.3) is 0 Å². The molecule has 4 rings (SSSR count). The molecule has 0 saturated heterocycles. The summed E-state index contributed by atoms with van der Waals surface area (Å²) in [6, 6.07) is 10.9. The highest BCUT2D eigenvalue weighted by molar-refractivity contribution is 7.07. The number of nitrogens with one attached hydrogen (secondary N) is 1. The molecule has 0 aliphatic heterocycles. The molecule has 1 aromatic carbocycles. The summed E-state index contributed by atoms with van der Waals surface area (Å²) in [5.41, 5.74) is 7.06. The zero-order valence-electron chi connectivity index (χ0n) is 13.0. The Balaban J connectivity index is 1.50. The fourth-order valence-electron chi connectivity index (χ4n) is 3.28. The number of fused-ring (bicyclic) bond motifs is 1. The second-order valence-electron chi connectivity index (χ2n) is 6.00. The molecule has 2 aromatic heterocycles. The summed E-state index contributed by atoms with van der Waals surface area (Å²) in [4.78, 5) is 4.35. The molecule has 2 heterocycles. The molecule has 0 fully saturated rings. The van der Waals surface area contributed by atoms with Gasteiger partial charge in [0.05, 0.1) is 23.9 Å². The molecule has 0 spiro atoms. The van der Waals surface area contributed by atoms with E-state index in [1.165, 1.54) is 29.7 Å². The Kier molecular flexibility index (Phi) is 4.22. The lowest BCUT2D eigenvalue weighted by Gasteiger charge is -2.24. The molecule has 5 heteroatoms. The van der Waals surface area contributed by atoms with Gasteiger partial charge in [0.2, 0.25) is 0 Å². The van der Waals surface area contributed by atoms with Gasteiger partial charge in [0.25, 0.3) is 0 Å². The van der Waals surface area contributed by atoms with Crippen LogP contribution in [0, 0.1) is 0 Å². The van der Waals surface area contributed by atoms with Crippen LogP contribution in [-0.4, -0.2) is 14.8 Å². The fourth-order valence-corrected chi connectivity index (χ4v) is 3.83. The number of benzene rings is 1. The van der Waals surface area contributed by atoms with E-state index in [0.29, 0.717) is 6.04 Å². The zero-order valence-corrected chi connectivity index (χ0v) is 13.8. The molecular weight excluding hydrogens is 304 g/mol. The molecule has 3 aromatic rings. The van der Waals surface area contributed by atoms with E-state index in [4.69, 9.17) is 0 Å². The highest BCUT2D eigenvalue weighted by Crippen LogP contribution is 2.30. The van der Waals surface area contributed by atoms with Gasteiger partial charge >= 0.3 is 0 Å². The highest BCUT2D eigenvalue weighted by Gasteiger charge is 2.24. The molecule has 0 radical (unpaired) electrons. The van der Waals surface area contributed by atoms with E-state index in [9.17, 15) is 0 Å². The Morgan fingerprint density at radius 3 is 3.00 bits per heavy atom. The summed E-state index contributed by atoms with van der Waals surface area (Å²) >= 11 is 1.65. The van der Waals surface area contributed by atoms with Gasteiger partial charge in [-0.15, -0.1) is 11.3 Å². The SMILES string of the molecule is c1ccc(Cn2ncc3c2CCC[C@@H]3NCc2cscn2)cc1. The molecule has 0 bridgehead atoms. The predicted octanol–water partition coefficient (Wildman–Crippen LogP) is 3.56. The van der Waals surface area contributed by atoms with Gasteiger partial charge in [-0.2, -0.15) is 5.10 Å². The van der Waals surface area contributed by atoms with Crippen molar-refractivity contribution in [3.05, 3.63) is 69.9 Å². The normalized spacial score (nSPS) is 17.1. The zero-order chi connectivity index (χ0) is 15.5. The van der Waals surface area contributed by atoms with Gasteiger partial charge in [-0.3, -0.25) is 4.68 Å². The van der Waals surface area contributed by atoms with Crippen molar-refractivity contribution in [3.8, 4) is 0 Å². The Bertz CT molecular complexity index is 749. The number of thiazole rings is 1. The molecule has 1 atom stereocenters. The van der Waals surface area contributed by atoms with Crippen molar-refractivity contribution in [2.45, 2.75) is 38.4 Å². The van der Waals surface area contributed by atoms with Crippen LogP contribution in [0.1, 0.15) is 41.4 Å². The smallest absolute Gasteiger partial charge is 0.0795 e. The van der Waals surface area contributed by atoms with Gasteiger partial charge in [-0.05, 0) is 24.8 Å². The third kappa shape index (κ3) is 3.21. The van der Waals surface area contributed by atoms with E-state index in [0.717, 1.165) is 25.2 Å². The quantitative estimate of drug-likeness (QED) is 0.780. The van der Waals surface area contributed by atoms with Gasteiger partial charge in [-0.1, -0.05) is 30.3 Å². The monoisotopic (exact) mass is 324 g/mol. The number of aromatic nitrogens is 3. The average Bonchev–Trinajstić information content (AvgIpc) is 3.24. The number of nitrogens with zero attached hydrogens (tertiary/aromatic N) is 3. The van der Waals surface area contributed by atoms with Crippen molar-refractivity contribution < 1.29 is 0 Å². The number of hydrogen-bond donors (Lipinski definition) is 1. The fraction of sp³-hybridized carbons (Fsp3) is 0.333. The summed E-state index contributed by atoms with van der Waals surface area (Å²) in [5.74, 6) is 0. The summed E-state index contributed by atoms with van der Waals surface area (Å²) in [7, 11) is 0. The Hall–Kier alpha value is -1.98. The van der Waals surface area contributed by atoms with Crippen molar-refractivity contribution in [1.82, 2.24) is 20.1 Å². The molecule has 1 aliphatic rings. The van der Waals surface area contributed by atoms with Crippen LogP contribution in [0.2, 0.25) is 0 Å². The first-order valence-electron chi connectivity index (χ1n) is 8.09. The van der Waals surface area contributed by atoms with Crippen molar-refractivity contribution >= 4 is 11.3 Å². The molecule has 0 unspecified atom stereocenters. The summed E-state index contributed by atoms with van der Waals surface area (Å²) in [6.07, 6.45) is 5.56. The topological polar surface area (TPSA) is 42.7 Å². The summed E-state index contributed by atoms with van der Waals surface area (Å²) in [6.45, 7) is 1.69. The lowest BCUT2D eigenvalue weighted by atomic mass is 9.93. The minimum absolute atomic E-state index is 0.393. The Morgan fingerprint density at radius 1 is 1.26 bits per heavy atom. The van der Waals surface area contributed by atoms with Crippen molar-refractivity contribution in [2.75, 3.05) is 0 Å². The van der Waals surface area contributed by atoms with Crippen LogP contribution in [0.4, 0.5) is 0 Å². The van der Waals surface area contributed by atoms with Crippen molar-refractivity contribution in [2.24, 2.45) is 0 Å². The number of hydrogen-bond acceptors (Lipinski definition) is 4. The van der Waals surface area contributed by atoms with Crippen molar-refractivity contribution in [1.29, 1.82) is 0 Å². The average molecular weight is 324 g/mol. The van der Waals surface area contributed by atoms with Gasteiger partial charge in [0.1, 0.15) is 0 Å². The van der Waals surface area contributed by atoms with E-state index in [1.54, 1.807) is 11.3 Å². The molecule has 1 aliphatic carbocycles. The molecular formula is C18H20N4S. The highest BCUT2D eigenvalue weighted by atomic mass is 32.1. The minimum atomic E-state index is 0.393. The lowest BCUT2D eigenvalue weighted by Crippen LogP contribution is -2.25. The number of rotatable bonds is 5. The first-order valence-corrected chi connectivity index (χ1v) is 9.03. The van der Waals surface area contributed by atoms with Crippen LogP contribution in [0.15, 0.2) is 47.4 Å². The van der Waals surface area contributed by atoms with Gasteiger partial charge < -0.3 is 5.32 Å². The molecule has 4 nitrogen and oxygen atoms in total. The molecule has 23 heavy (non-hydrogen) atoms. The van der Waals surface area contributed by atoms with Crippen LogP contribution < -0.4 is 5.32 Å². The van der Waals surface area contributed by atoms with E-state index in [1.807, 2.05) is 5.51 Å². The maximum atomic E-state index is 4.65. The minimum Gasteiger partial charge on any atom is -0.304 e. The summed E-state index contributed by atoms with van der Waals surface area (Å²) < 4.78 is 2.17.